The number of aromatic nitrogens is 3. The van der Waals surface area contributed by atoms with Crippen LogP contribution in [0.1, 0.15) is 5.76 Å². The number of sulfonamides is 1. The third kappa shape index (κ3) is 2.63. The molecular formula is C13H12N4O5S. The molecular weight excluding hydrogens is 324 g/mol. The number of hydrogen-bond donors (Lipinski definition) is 2. The second-order valence-corrected chi connectivity index (χ2v) is 6.61. The van der Waals surface area contributed by atoms with Crippen LogP contribution in [0.4, 0.5) is 5.82 Å². The lowest BCUT2D eigenvalue weighted by Gasteiger charge is -2.06. The number of aryl methyl sites for hydroxylation is 1. The van der Waals surface area contributed by atoms with Gasteiger partial charge in [-0.15, -0.1) is 0 Å². The molecule has 3 aromatic rings. The van der Waals surface area contributed by atoms with Crippen LogP contribution in [0, 0.1) is 6.92 Å². The van der Waals surface area contributed by atoms with Gasteiger partial charge >= 0.3 is 5.69 Å². The van der Waals surface area contributed by atoms with Gasteiger partial charge in [0.15, 0.2) is 5.82 Å². The van der Waals surface area contributed by atoms with Crippen molar-refractivity contribution in [2.75, 3.05) is 4.72 Å². The molecule has 0 radical (unpaired) electrons. The molecule has 120 valence electrons. The van der Waals surface area contributed by atoms with E-state index in [1.54, 1.807) is 6.92 Å². The number of rotatable bonds is 3. The van der Waals surface area contributed by atoms with E-state index in [0.29, 0.717) is 5.76 Å². The predicted molar refractivity (Wildman–Crippen MR) is 81.9 cm³/mol. The number of hydrogen-bond acceptors (Lipinski definition) is 6. The van der Waals surface area contributed by atoms with Crippen molar-refractivity contribution in [1.29, 1.82) is 0 Å². The van der Waals surface area contributed by atoms with Gasteiger partial charge < -0.3 is 9.51 Å². The molecule has 23 heavy (non-hydrogen) atoms. The number of benzene rings is 1. The van der Waals surface area contributed by atoms with Crippen LogP contribution in [-0.4, -0.2) is 23.1 Å². The summed E-state index contributed by atoms with van der Waals surface area (Å²) in [4.78, 5) is 26.0. The van der Waals surface area contributed by atoms with Crippen molar-refractivity contribution in [3.8, 4) is 0 Å². The van der Waals surface area contributed by atoms with E-state index in [1.807, 2.05) is 0 Å². The Kier molecular flexibility index (Phi) is 3.33. The largest absolute Gasteiger partial charge is 0.360 e. The van der Waals surface area contributed by atoms with E-state index in [2.05, 4.69) is 14.9 Å². The standard InChI is InChI=1S/C13H12N4O5S/c1-7-5-11(15-22-7)16-23(20,21)8-3-4-10-9(6-8)12(18)17(2)13(19)14-10/h3-6H,1-2H3,(H,14,19)(H,15,16). The summed E-state index contributed by atoms with van der Waals surface area (Å²) in [5.74, 6) is 0.490. The van der Waals surface area contributed by atoms with Crippen molar-refractivity contribution < 1.29 is 12.9 Å². The van der Waals surface area contributed by atoms with Gasteiger partial charge in [0.1, 0.15) is 5.76 Å². The summed E-state index contributed by atoms with van der Waals surface area (Å²) >= 11 is 0. The quantitative estimate of drug-likeness (QED) is 0.709. The van der Waals surface area contributed by atoms with Crippen LogP contribution < -0.4 is 16.0 Å². The van der Waals surface area contributed by atoms with Crippen LogP contribution in [0.25, 0.3) is 10.9 Å². The number of anilines is 1. The first kappa shape index (κ1) is 15.0. The molecule has 0 atom stereocenters. The Bertz CT molecular complexity index is 1120. The Morgan fingerprint density at radius 3 is 2.65 bits per heavy atom. The molecule has 2 aromatic heterocycles. The lowest BCUT2D eigenvalue weighted by atomic mass is 10.2. The van der Waals surface area contributed by atoms with Gasteiger partial charge in [0.05, 0.1) is 15.8 Å². The molecule has 0 saturated carbocycles. The van der Waals surface area contributed by atoms with Crippen LogP contribution in [0.3, 0.4) is 0 Å². The maximum absolute atomic E-state index is 12.3. The lowest BCUT2D eigenvalue weighted by molar-refractivity contribution is 0.400. The Hall–Kier alpha value is -2.88. The van der Waals surface area contributed by atoms with Gasteiger partial charge in [-0.3, -0.25) is 14.1 Å². The zero-order valence-corrected chi connectivity index (χ0v) is 13.0. The molecule has 0 saturated heterocycles. The van der Waals surface area contributed by atoms with E-state index in [9.17, 15) is 18.0 Å². The Balaban J connectivity index is 2.13. The lowest BCUT2D eigenvalue weighted by Crippen LogP contribution is -2.32. The molecule has 0 aliphatic heterocycles. The summed E-state index contributed by atoms with van der Waals surface area (Å²) in [6.45, 7) is 1.63. The van der Waals surface area contributed by atoms with Crippen LogP contribution >= 0.6 is 0 Å². The summed E-state index contributed by atoms with van der Waals surface area (Å²) in [6.07, 6.45) is 0. The first-order chi connectivity index (χ1) is 10.8. The van der Waals surface area contributed by atoms with Gasteiger partial charge in [0.25, 0.3) is 15.6 Å². The highest BCUT2D eigenvalue weighted by Gasteiger charge is 2.18. The smallest absolute Gasteiger partial charge is 0.328 e. The molecule has 0 fully saturated rings. The average Bonchev–Trinajstić information content (AvgIpc) is 2.89. The Labute approximate surface area is 129 Å². The summed E-state index contributed by atoms with van der Waals surface area (Å²) in [6, 6.07) is 5.27. The van der Waals surface area contributed by atoms with Gasteiger partial charge in [-0.2, -0.15) is 0 Å². The Morgan fingerprint density at radius 2 is 2.00 bits per heavy atom. The minimum atomic E-state index is -3.94. The van der Waals surface area contributed by atoms with Crippen molar-refractivity contribution in [3.05, 3.63) is 50.9 Å². The van der Waals surface area contributed by atoms with Crippen molar-refractivity contribution in [3.63, 3.8) is 0 Å². The summed E-state index contributed by atoms with van der Waals surface area (Å²) in [5, 5.41) is 3.64. The highest BCUT2D eigenvalue weighted by molar-refractivity contribution is 7.92. The van der Waals surface area contributed by atoms with Crippen molar-refractivity contribution in [1.82, 2.24) is 14.7 Å². The maximum Gasteiger partial charge on any atom is 0.328 e. The first-order valence-electron chi connectivity index (χ1n) is 6.47. The fraction of sp³-hybridized carbons (Fsp3) is 0.154. The van der Waals surface area contributed by atoms with Crippen LogP contribution in [0.5, 0.6) is 0 Å². The van der Waals surface area contributed by atoms with E-state index in [1.165, 1.54) is 31.3 Å². The third-order valence-corrected chi connectivity index (χ3v) is 4.60. The summed E-state index contributed by atoms with van der Waals surface area (Å²) in [7, 11) is -2.64. The van der Waals surface area contributed by atoms with Gasteiger partial charge in [0.2, 0.25) is 0 Å². The minimum Gasteiger partial charge on any atom is -0.360 e. The van der Waals surface area contributed by atoms with Crippen LogP contribution in [0.2, 0.25) is 0 Å². The van der Waals surface area contributed by atoms with Gasteiger partial charge in [0, 0.05) is 13.1 Å². The van der Waals surface area contributed by atoms with Gasteiger partial charge in [-0.25, -0.2) is 13.2 Å². The van der Waals surface area contributed by atoms with Crippen molar-refractivity contribution >= 4 is 26.7 Å². The minimum absolute atomic E-state index is 0.0389. The normalized spacial score (nSPS) is 11.7. The summed E-state index contributed by atoms with van der Waals surface area (Å²) in [5.41, 5.74) is -0.901. The highest BCUT2D eigenvalue weighted by Crippen LogP contribution is 2.18. The predicted octanol–water partition coefficient (Wildman–Crippen LogP) is 0.324. The maximum atomic E-state index is 12.3. The molecule has 0 aliphatic carbocycles. The molecule has 9 nitrogen and oxygen atoms in total. The second-order valence-electron chi connectivity index (χ2n) is 4.93. The number of fused-ring (bicyclic) bond motifs is 1. The Morgan fingerprint density at radius 1 is 1.26 bits per heavy atom. The van der Waals surface area contributed by atoms with E-state index in [0.717, 1.165) is 4.57 Å². The number of nitrogens with zero attached hydrogens (tertiary/aromatic N) is 2. The molecule has 0 aliphatic rings. The van der Waals surface area contributed by atoms with Crippen LogP contribution in [-0.2, 0) is 17.1 Å². The zero-order valence-electron chi connectivity index (χ0n) is 12.2. The SMILES string of the molecule is Cc1cc(NS(=O)(=O)c2ccc3[nH]c(=O)n(C)c(=O)c3c2)no1. The number of aromatic amines is 1. The highest BCUT2D eigenvalue weighted by atomic mass is 32.2. The molecule has 0 spiro atoms. The van der Waals surface area contributed by atoms with E-state index in [-0.39, 0.29) is 21.6 Å². The molecule has 3 rings (SSSR count). The van der Waals surface area contributed by atoms with E-state index >= 15 is 0 Å². The molecule has 2 N–H and O–H groups in total. The average molecular weight is 336 g/mol. The van der Waals surface area contributed by atoms with E-state index < -0.39 is 21.3 Å². The monoisotopic (exact) mass is 336 g/mol. The van der Waals surface area contributed by atoms with E-state index in [4.69, 9.17) is 4.52 Å². The number of H-pyrrole nitrogens is 1. The zero-order chi connectivity index (χ0) is 16.8. The molecule has 0 unspecified atom stereocenters. The molecule has 2 heterocycles. The van der Waals surface area contributed by atoms with Crippen molar-refractivity contribution in [2.24, 2.45) is 7.05 Å². The topological polar surface area (TPSA) is 127 Å². The number of nitrogens with one attached hydrogen (secondary N) is 2. The molecule has 1 aromatic carbocycles. The molecule has 0 amide bonds. The summed E-state index contributed by atoms with van der Waals surface area (Å²) < 4.78 is 32.6. The first-order valence-corrected chi connectivity index (χ1v) is 7.95. The second kappa shape index (κ2) is 5.09. The van der Waals surface area contributed by atoms with Gasteiger partial charge in [-0.05, 0) is 25.1 Å². The van der Waals surface area contributed by atoms with Crippen LogP contribution in [0.15, 0.2) is 43.3 Å². The fourth-order valence-corrected chi connectivity index (χ4v) is 3.07. The third-order valence-electron chi connectivity index (χ3n) is 3.25. The van der Waals surface area contributed by atoms with Crippen molar-refractivity contribution in [2.45, 2.75) is 11.8 Å². The fourth-order valence-electron chi connectivity index (χ4n) is 2.06. The molecule has 0 bridgehead atoms. The molecule has 10 heteroatoms. The van der Waals surface area contributed by atoms with Gasteiger partial charge in [-0.1, -0.05) is 5.16 Å².